The van der Waals surface area contributed by atoms with Gasteiger partial charge in [-0.2, -0.15) is 16.4 Å². The molecule has 0 spiro atoms. The Morgan fingerprint density at radius 3 is 2.86 bits per heavy atom. The molecular formula is C33H34N6O3S. The van der Waals surface area contributed by atoms with Crippen LogP contribution >= 0.6 is 11.3 Å². The van der Waals surface area contributed by atoms with Crippen molar-refractivity contribution in [3.05, 3.63) is 65.0 Å². The highest BCUT2D eigenvalue weighted by atomic mass is 32.1. The van der Waals surface area contributed by atoms with Crippen molar-refractivity contribution in [2.45, 2.75) is 26.2 Å². The van der Waals surface area contributed by atoms with E-state index in [4.69, 9.17) is 4.74 Å². The molecule has 1 atom stereocenters. The van der Waals surface area contributed by atoms with Gasteiger partial charge in [0.15, 0.2) is 0 Å². The van der Waals surface area contributed by atoms with Gasteiger partial charge in [-0.15, -0.1) is 11.8 Å². The Hall–Kier alpha value is -4.46. The van der Waals surface area contributed by atoms with Crippen LogP contribution in [0.4, 0.5) is 5.69 Å². The van der Waals surface area contributed by atoms with Gasteiger partial charge in [0.2, 0.25) is 17.7 Å². The molecule has 0 aliphatic carbocycles. The number of H-pyrrole nitrogens is 1. The molecule has 0 saturated carbocycles. The number of nitrogens with one attached hydrogen (secondary N) is 2. The van der Waals surface area contributed by atoms with Crippen molar-refractivity contribution in [3.8, 4) is 29.0 Å². The Morgan fingerprint density at radius 2 is 2.09 bits per heavy atom. The number of rotatable bonds is 8. The molecule has 9 nitrogen and oxygen atoms in total. The second kappa shape index (κ2) is 12.4. The molecule has 1 fully saturated rings. The number of thiophene rings is 1. The van der Waals surface area contributed by atoms with Crippen molar-refractivity contribution < 1.29 is 14.3 Å². The molecule has 0 bridgehead atoms. The van der Waals surface area contributed by atoms with E-state index in [1.807, 2.05) is 35.2 Å². The number of hydrogen-bond donors (Lipinski definition) is 2. The number of fused-ring (bicyclic) bond motifs is 1. The lowest BCUT2D eigenvalue weighted by Crippen LogP contribution is -2.43. The van der Waals surface area contributed by atoms with Gasteiger partial charge in [-0.1, -0.05) is 6.08 Å². The number of pyridine rings is 1. The molecule has 2 aliphatic heterocycles. The average molecular weight is 595 g/mol. The van der Waals surface area contributed by atoms with E-state index in [9.17, 15) is 9.59 Å². The van der Waals surface area contributed by atoms with Crippen LogP contribution < -0.4 is 10.1 Å². The quantitative estimate of drug-likeness (QED) is 0.277. The Kier molecular flexibility index (Phi) is 8.27. The fraction of sp³-hybridized carbons (Fsp3) is 0.333. The van der Waals surface area contributed by atoms with Crippen molar-refractivity contribution in [1.82, 2.24) is 25.0 Å². The number of nitrogens with zero attached hydrogens (tertiary/aromatic N) is 4. The number of methoxy groups -OCH3 is 1. The molecule has 1 unspecified atom stereocenters. The summed E-state index contributed by atoms with van der Waals surface area (Å²) in [5, 5.41) is 15.8. The first kappa shape index (κ1) is 28.6. The molecule has 43 heavy (non-hydrogen) atoms. The summed E-state index contributed by atoms with van der Waals surface area (Å²) in [5.74, 6) is 6.63. The number of ether oxygens (including phenoxy) is 1. The van der Waals surface area contributed by atoms with Gasteiger partial charge in [-0.05, 0) is 78.5 Å². The van der Waals surface area contributed by atoms with E-state index in [2.05, 4.69) is 60.1 Å². The summed E-state index contributed by atoms with van der Waals surface area (Å²) < 4.78 is 5.28. The van der Waals surface area contributed by atoms with Gasteiger partial charge < -0.3 is 15.0 Å². The van der Waals surface area contributed by atoms with E-state index in [0.29, 0.717) is 57.1 Å². The minimum atomic E-state index is -0.705. The molecule has 0 radical (unpaired) electrons. The summed E-state index contributed by atoms with van der Waals surface area (Å²) in [6.07, 6.45) is 5.78. The predicted octanol–water partition coefficient (Wildman–Crippen LogP) is 5.05. The maximum absolute atomic E-state index is 13.9. The van der Waals surface area contributed by atoms with Gasteiger partial charge >= 0.3 is 0 Å². The Morgan fingerprint density at radius 1 is 1.19 bits per heavy atom. The molecular weight excluding hydrogens is 560 g/mol. The Labute approximate surface area is 254 Å². The summed E-state index contributed by atoms with van der Waals surface area (Å²) in [5.41, 5.74) is 5.01. The second-order valence-corrected chi connectivity index (χ2v) is 11.8. The molecule has 1 saturated heterocycles. The zero-order chi connectivity index (χ0) is 29.8. The number of likely N-dealkylation sites (tertiary alicyclic amines) is 1. The van der Waals surface area contributed by atoms with Crippen molar-refractivity contribution in [3.63, 3.8) is 0 Å². The van der Waals surface area contributed by atoms with Crippen LogP contribution in [0.2, 0.25) is 0 Å². The summed E-state index contributed by atoms with van der Waals surface area (Å²) in [6, 6.07) is 11.6. The molecule has 5 heterocycles. The van der Waals surface area contributed by atoms with Crippen LogP contribution in [0.15, 0.2) is 59.4 Å². The van der Waals surface area contributed by atoms with Gasteiger partial charge in [-0.3, -0.25) is 19.6 Å². The van der Waals surface area contributed by atoms with E-state index < -0.39 is 5.41 Å². The largest absolute Gasteiger partial charge is 0.481 e. The highest BCUT2D eigenvalue weighted by Gasteiger charge is 2.44. The first-order chi connectivity index (χ1) is 21.0. The molecule has 6 rings (SSSR count). The number of carbonyl (C=O) groups is 2. The topological polar surface area (TPSA) is 103 Å². The minimum Gasteiger partial charge on any atom is -0.481 e. The second-order valence-electron chi connectivity index (χ2n) is 11.0. The number of aromatic nitrogens is 3. The maximum atomic E-state index is 13.9. The standard InChI is InChI=1S/C33H34N6O3S/c1-3-4-11-33(12-16-38(22-33)20-30(40)39-14-8-23(9-15-39)25-10-17-43-21-25)32(41)35-26-5-6-28-27(19-26)31(37-36-28)24-7-13-34-29(18-24)42-2/h5-8,10,13,17-19,21H,9,11-12,14-16,20,22H2,1-2H3,(H,35,41)(H,36,37). The van der Waals surface area contributed by atoms with Crippen LogP contribution in [0, 0.1) is 17.3 Å². The zero-order valence-corrected chi connectivity index (χ0v) is 25.2. The van der Waals surface area contributed by atoms with Gasteiger partial charge in [0.25, 0.3) is 0 Å². The number of benzene rings is 1. The number of aromatic amines is 1. The van der Waals surface area contributed by atoms with E-state index in [-0.39, 0.29) is 11.8 Å². The normalized spacial score (nSPS) is 18.7. The molecule has 220 valence electrons. The summed E-state index contributed by atoms with van der Waals surface area (Å²) in [7, 11) is 1.58. The maximum Gasteiger partial charge on any atom is 0.237 e. The lowest BCUT2D eigenvalue weighted by molar-refractivity contribution is -0.132. The van der Waals surface area contributed by atoms with Crippen molar-refractivity contribution in [2.75, 3.05) is 45.2 Å². The molecule has 3 aromatic heterocycles. The molecule has 2 amide bonds. The van der Waals surface area contributed by atoms with Crippen molar-refractivity contribution >= 4 is 45.3 Å². The summed E-state index contributed by atoms with van der Waals surface area (Å²) >= 11 is 1.69. The van der Waals surface area contributed by atoms with E-state index in [1.165, 1.54) is 11.1 Å². The fourth-order valence-electron chi connectivity index (χ4n) is 5.90. The predicted molar refractivity (Wildman–Crippen MR) is 170 cm³/mol. The highest BCUT2D eigenvalue weighted by molar-refractivity contribution is 7.08. The van der Waals surface area contributed by atoms with E-state index >= 15 is 0 Å². The van der Waals surface area contributed by atoms with Crippen LogP contribution in [0.5, 0.6) is 5.88 Å². The number of amides is 2. The van der Waals surface area contributed by atoms with Crippen LogP contribution in [0.25, 0.3) is 27.7 Å². The SMILES string of the molecule is CC#CCC1(C(=O)Nc2ccc3[nH]nc(-c4ccnc(OC)c4)c3c2)CCN(CC(=O)N2CC=C(c3ccsc3)CC2)C1. The Bertz CT molecular complexity index is 1730. The Balaban J connectivity index is 1.14. The lowest BCUT2D eigenvalue weighted by atomic mass is 9.82. The minimum absolute atomic E-state index is 0.0820. The van der Waals surface area contributed by atoms with Crippen LogP contribution in [0.1, 0.15) is 31.7 Å². The third-order valence-electron chi connectivity index (χ3n) is 8.37. The van der Waals surface area contributed by atoms with Gasteiger partial charge in [0, 0.05) is 55.0 Å². The smallest absolute Gasteiger partial charge is 0.237 e. The molecule has 2 aliphatic rings. The monoisotopic (exact) mass is 594 g/mol. The van der Waals surface area contributed by atoms with E-state index in [1.54, 1.807) is 31.6 Å². The van der Waals surface area contributed by atoms with Gasteiger partial charge in [0.05, 0.1) is 24.6 Å². The van der Waals surface area contributed by atoms with Crippen LogP contribution in [0.3, 0.4) is 0 Å². The third-order valence-corrected chi connectivity index (χ3v) is 9.05. The highest BCUT2D eigenvalue weighted by Crippen LogP contribution is 2.36. The van der Waals surface area contributed by atoms with Crippen molar-refractivity contribution in [2.24, 2.45) is 5.41 Å². The van der Waals surface area contributed by atoms with E-state index in [0.717, 1.165) is 28.6 Å². The molecule has 1 aromatic carbocycles. The average Bonchev–Trinajstić information content (AvgIpc) is 3.81. The number of anilines is 1. The van der Waals surface area contributed by atoms with Gasteiger partial charge in [-0.25, -0.2) is 4.98 Å². The molecule has 2 N–H and O–H groups in total. The number of carbonyl (C=O) groups excluding carboxylic acids is 2. The van der Waals surface area contributed by atoms with Gasteiger partial charge in [0.1, 0.15) is 5.69 Å². The van der Waals surface area contributed by atoms with Crippen LogP contribution in [-0.4, -0.2) is 76.6 Å². The third kappa shape index (κ3) is 6.05. The summed E-state index contributed by atoms with van der Waals surface area (Å²) in [6.45, 7) is 4.58. The first-order valence-corrected chi connectivity index (χ1v) is 15.3. The van der Waals surface area contributed by atoms with Crippen LogP contribution in [-0.2, 0) is 9.59 Å². The zero-order valence-electron chi connectivity index (χ0n) is 24.4. The fourth-order valence-corrected chi connectivity index (χ4v) is 6.58. The number of hydrogen-bond acceptors (Lipinski definition) is 7. The first-order valence-electron chi connectivity index (χ1n) is 14.4. The molecule has 4 aromatic rings. The lowest BCUT2D eigenvalue weighted by Gasteiger charge is -2.29. The molecule has 10 heteroatoms. The van der Waals surface area contributed by atoms with Crippen molar-refractivity contribution in [1.29, 1.82) is 0 Å². The summed E-state index contributed by atoms with van der Waals surface area (Å²) in [4.78, 5) is 35.3.